The molecule has 0 rings (SSSR count). The molecule has 0 bridgehead atoms. The Balaban J connectivity index is 2.95. The number of ether oxygens (including phenoxy) is 1. The van der Waals surface area contributed by atoms with Gasteiger partial charge in [0.25, 0.3) is 0 Å². The van der Waals surface area contributed by atoms with Crippen molar-refractivity contribution in [2.24, 2.45) is 0 Å². The average Bonchev–Trinajstić information content (AvgIpc) is 2.04. The Morgan fingerprint density at radius 3 is 2.82 bits per heavy atom. The van der Waals surface area contributed by atoms with E-state index in [2.05, 4.69) is 16.3 Å². The number of thioether (sulfide) groups is 1. The Morgan fingerprint density at radius 2 is 2.27 bits per heavy atom. The van der Waals surface area contributed by atoms with Gasteiger partial charge in [0.15, 0.2) is 0 Å². The molecule has 0 amide bonds. The molecule has 0 radical (unpaired) electrons. The van der Waals surface area contributed by atoms with Gasteiger partial charge in [0, 0.05) is 18.8 Å². The summed E-state index contributed by atoms with van der Waals surface area (Å²) in [4.78, 5) is 10.6. The van der Waals surface area contributed by atoms with Crippen LogP contribution in [0.1, 0.15) is 6.42 Å². The fourth-order valence-electron chi connectivity index (χ4n) is 0.592. The molecule has 1 N–H and O–H groups in total. The minimum Gasteiger partial charge on any atom is -0.469 e. The highest BCUT2D eigenvalue weighted by Gasteiger charge is 1.97. The molecule has 0 spiro atoms. The monoisotopic (exact) mass is 177 g/mol. The fourth-order valence-corrected chi connectivity index (χ4v) is 0.940. The lowest BCUT2D eigenvalue weighted by atomic mass is 10.4. The van der Waals surface area contributed by atoms with Crippen LogP contribution in [0.4, 0.5) is 0 Å². The van der Waals surface area contributed by atoms with E-state index < -0.39 is 0 Å². The second-order valence-electron chi connectivity index (χ2n) is 2.07. The Hall–Kier alpha value is -0.220. The van der Waals surface area contributed by atoms with Crippen molar-refractivity contribution < 1.29 is 9.53 Å². The number of hydrogen-bond donors (Lipinski definition) is 1. The van der Waals surface area contributed by atoms with Crippen molar-refractivity contribution in [3.8, 4) is 0 Å². The van der Waals surface area contributed by atoms with E-state index >= 15 is 0 Å². The van der Waals surface area contributed by atoms with Gasteiger partial charge in [-0.15, -0.1) is 0 Å². The quantitative estimate of drug-likeness (QED) is 0.474. The predicted molar refractivity (Wildman–Crippen MR) is 47.9 cm³/mol. The molecule has 0 unspecified atom stereocenters. The van der Waals surface area contributed by atoms with Crippen LogP contribution in [0.25, 0.3) is 0 Å². The second kappa shape index (κ2) is 7.88. The van der Waals surface area contributed by atoms with Crippen molar-refractivity contribution in [1.29, 1.82) is 0 Å². The molecule has 3 nitrogen and oxygen atoms in total. The zero-order valence-electron chi connectivity index (χ0n) is 7.05. The fraction of sp³-hybridized carbons (Fsp3) is 0.857. The van der Waals surface area contributed by atoms with Gasteiger partial charge in [-0.2, -0.15) is 11.8 Å². The first-order chi connectivity index (χ1) is 5.31. The summed E-state index contributed by atoms with van der Waals surface area (Å²) in [6, 6.07) is 0. The van der Waals surface area contributed by atoms with Gasteiger partial charge in [0.1, 0.15) is 0 Å². The predicted octanol–water partition coefficient (Wildman–Crippen LogP) is 0.502. The van der Waals surface area contributed by atoms with Crippen molar-refractivity contribution in [2.75, 3.05) is 32.2 Å². The lowest BCUT2D eigenvalue weighted by molar-refractivity contribution is -0.140. The third-order valence-electron chi connectivity index (χ3n) is 1.22. The first kappa shape index (κ1) is 10.8. The Morgan fingerprint density at radius 1 is 1.55 bits per heavy atom. The Kier molecular flexibility index (Phi) is 7.72. The van der Waals surface area contributed by atoms with Crippen molar-refractivity contribution in [1.82, 2.24) is 5.32 Å². The molecule has 0 atom stereocenters. The molecule has 4 heteroatoms. The number of rotatable bonds is 6. The lowest BCUT2D eigenvalue weighted by Crippen LogP contribution is -2.21. The molecule has 66 valence electrons. The van der Waals surface area contributed by atoms with E-state index in [0.717, 1.165) is 12.3 Å². The van der Waals surface area contributed by atoms with Gasteiger partial charge >= 0.3 is 5.97 Å². The maximum absolute atomic E-state index is 10.6. The van der Waals surface area contributed by atoms with Gasteiger partial charge in [0.2, 0.25) is 0 Å². The molecule has 0 heterocycles. The van der Waals surface area contributed by atoms with Crippen LogP contribution in [0.5, 0.6) is 0 Å². The van der Waals surface area contributed by atoms with Crippen molar-refractivity contribution >= 4 is 17.7 Å². The number of nitrogens with one attached hydrogen (secondary N) is 1. The number of carbonyl (C=O) groups excluding carboxylic acids is 1. The highest BCUT2D eigenvalue weighted by molar-refractivity contribution is 7.98. The van der Waals surface area contributed by atoms with E-state index in [9.17, 15) is 4.79 Å². The minimum atomic E-state index is -0.151. The van der Waals surface area contributed by atoms with Crippen LogP contribution in [-0.4, -0.2) is 38.2 Å². The third-order valence-corrected chi connectivity index (χ3v) is 1.83. The van der Waals surface area contributed by atoms with Crippen LogP contribution < -0.4 is 5.32 Å². The van der Waals surface area contributed by atoms with E-state index in [1.165, 1.54) is 7.11 Å². The van der Waals surface area contributed by atoms with Crippen LogP contribution in [-0.2, 0) is 9.53 Å². The number of esters is 1. The number of carbonyl (C=O) groups is 1. The number of methoxy groups -OCH3 is 1. The summed E-state index contributed by atoms with van der Waals surface area (Å²) in [6.45, 7) is 1.67. The third kappa shape index (κ3) is 7.68. The van der Waals surface area contributed by atoms with Gasteiger partial charge in [-0.1, -0.05) is 0 Å². The highest BCUT2D eigenvalue weighted by atomic mass is 32.2. The standard InChI is InChI=1S/C7H15NO2S/c1-10-7(9)3-4-8-5-6-11-2/h8H,3-6H2,1-2H3. The van der Waals surface area contributed by atoms with Crippen molar-refractivity contribution in [3.63, 3.8) is 0 Å². The van der Waals surface area contributed by atoms with Crippen LogP contribution in [0.15, 0.2) is 0 Å². The number of hydrogen-bond acceptors (Lipinski definition) is 4. The summed E-state index contributed by atoms with van der Waals surface area (Å²) in [6.07, 6.45) is 2.52. The molecule has 0 fully saturated rings. The van der Waals surface area contributed by atoms with E-state index in [0.29, 0.717) is 13.0 Å². The summed E-state index contributed by atoms with van der Waals surface area (Å²) in [7, 11) is 1.41. The molecule has 11 heavy (non-hydrogen) atoms. The molecule has 0 saturated heterocycles. The molecule has 0 aliphatic rings. The van der Waals surface area contributed by atoms with E-state index in [1.807, 2.05) is 0 Å². The van der Waals surface area contributed by atoms with Gasteiger partial charge in [0.05, 0.1) is 13.5 Å². The second-order valence-corrected chi connectivity index (χ2v) is 3.05. The molecule has 0 aliphatic heterocycles. The molecular formula is C7H15NO2S. The maximum Gasteiger partial charge on any atom is 0.306 e. The van der Waals surface area contributed by atoms with Crippen molar-refractivity contribution in [3.05, 3.63) is 0 Å². The van der Waals surface area contributed by atoms with E-state index in [-0.39, 0.29) is 5.97 Å². The summed E-state index contributed by atoms with van der Waals surface area (Å²) in [5, 5.41) is 3.13. The zero-order valence-corrected chi connectivity index (χ0v) is 7.87. The van der Waals surface area contributed by atoms with Crippen LogP contribution in [0.2, 0.25) is 0 Å². The summed E-state index contributed by atoms with van der Waals surface area (Å²) < 4.78 is 4.47. The zero-order chi connectivity index (χ0) is 8.53. The molecule has 0 aromatic carbocycles. The molecular weight excluding hydrogens is 162 g/mol. The van der Waals surface area contributed by atoms with Gasteiger partial charge < -0.3 is 10.1 Å². The van der Waals surface area contributed by atoms with Gasteiger partial charge in [-0.25, -0.2) is 0 Å². The van der Waals surface area contributed by atoms with E-state index in [1.54, 1.807) is 11.8 Å². The smallest absolute Gasteiger partial charge is 0.306 e. The normalized spacial score (nSPS) is 9.64. The summed E-state index contributed by atoms with van der Waals surface area (Å²) >= 11 is 1.79. The topological polar surface area (TPSA) is 38.3 Å². The average molecular weight is 177 g/mol. The lowest BCUT2D eigenvalue weighted by Gasteiger charge is -2.01. The summed E-state index contributed by atoms with van der Waals surface area (Å²) in [5.41, 5.74) is 0. The first-order valence-electron chi connectivity index (χ1n) is 3.57. The van der Waals surface area contributed by atoms with E-state index in [4.69, 9.17) is 0 Å². The first-order valence-corrected chi connectivity index (χ1v) is 4.97. The molecule has 0 aliphatic carbocycles. The van der Waals surface area contributed by atoms with Crippen LogP contribution in [0.3, 0.4) is 0 Å². The summed E-state index contributed by atoms with van der Waals surface area (Å²) in [5.74, 6) is 0.933. The van der Waals surface area contributed by atoms with Crippen LogP contribution >= 0.6 is 11.8 Å². The molecule has 0 aromatic heterocycles. The highest BCUT2D eigenvalue weighted by Crippen LogP contribution is 1.87. The Labute approximate surface area is 71.9 Å². The minimum absolute atomic E-state index is 0.151. The molecule has 0 aromatic rings. The van der Waals surface area contributed by atoms with Gasteiger partial charge in [-0.3, -0.25) is 4.79 Å². The maximum atomic E-state index is 10.6. The molecule has 0 saturated carbocycles. The van der Waals surface area contributed by atoms with Crippen LogP contribution in [0, 0.1) is 0 Å². The SMILES string of the molecule is COC(=O)CCNCCSC. The van der Waals surface area contributed by atoms with Gasteiger partial charge in [-0.05, 0) is 6.26 Å². The van der Waals surface area contributed by atoms with Crippen molar-refractivity contribution in [2.45, 2.75) is 6.42 Å². The largest absolute Gasteiger partial charge is 0.469 e. The Bertz CT molecular complexity index is 109.